The van der Waals surface area contributed by atoms with E-state index in [1.807, 2.05) is 32.0 Å². The predicted molar refractivity (Wildman–Crippen MR) is 82.8 cm³/mol. The van der Waals surface area contributed by atoms with E-state index in [0.717, 1.165) is 15.8 Å². The number of nitrogens with zero attached hydrogens (tertiary/aromatic N) is 2. The van der Waals surface area contributed by atoms with Crippen LogP contribution in [0.3, 0.4) is 0 Å². The van der Waals surface area contributed by atoms with E-state index in [-0.39, 0.29) is 11.4 Å². The Bertz CT molecular complexity index is 788. The number of aryl methyl sites for hydroxylation is 1. The van der Waals surface area contributed by atoms with E-state index in [9.17, 15) is 14.7 Å². The van der Waals surface area contributed by atoms with Crippen LogP contribution in [0.15, 0.2) is 27.8 Å². The smallest absolute Gasteiger partial charge is 0.335 e. The molecule has 1 heterocycles. The molecule has 0 amide bonds. The third-order valence-electron chi connectivity index (χ3n) is 3.47. The molecule has 2 rings (SSSR count). The Kier molecular flexibility index (Phi) is 3.88. The second-order valence-corrected chi connectivity index (χ2v) is 5.12. The number of benzene rings is 1. The van der Waals surface area contributed by atoms with E-state index >= 15 is 0 Å². The van der Waals surface area contributed by atoms with Gasteiger partial charge in [-0.15, -0.1) is 0 Å². The highest BCUT2D eigenvalue weighted by atomic mass is 16.3. The number of nitrogens with one attached hydrogen (secondary N) is 1. The molecule has 0 aliphatic carbocycles. The Balaban J connectivity index is 2.76. The monoisotopic (exact) mass is 289 g/mol. The van der Waals surface area contributed by atoms with Crippen LogP contribution < -0.4 is 16.1 Å². The van der Waals surface area contributed by atoms with Gasteiger partial charge in [-0.1, -0.05) is 13.0 Å². The molecule has 2 aromatic rings. The number of H-pyrrole nitrogens is 1. The highest BCUT2D eigenvalue weighted by molar-refractivity contribution is 5.58. The fraction of sp³-hybridized carbons (Fsp3) is 0.333. The van der Waals surface area contributed by atoms with Crippen molar-refractivity contribution in [1.82, 2.24) is 9.55 Å². The summed E-state index contributed by atoms with van der Waals surface area (Å²) < 4.78 is 1.12. The van der Waals surface area contributed by atoms with Crippen LogP contribution in [-0.4, -0.2) is 28.8 Å². The van der Waals surface area contributed by atoms with Crippen molar-refractivity contribution in [2.45, 2.75) is 20.3 Å². The zero-order chi connectivity index (χ0) is 15.7. The molecule has 1 aromatic carbocycles. The van der Waals surface area contributed by atoms with Gasteiger partial charge in [0, 0.05) is 19.8 Å². The van der Waals surface area contributed by atoms with Crippen molar-refractivity contribution in [2.24, 2.45) is 0 Å². The predicted octanol–water partition coefficient (Wildman–Crippen LogP) is 1.17. The van der Waals surface area contributed by atoms with E-state index in [0.29, 0.717) is 12.1 Å². The van der Waals surface area contributed by atoms with E-state index < -0.39 is 11.2 Å². The molecule has 0 saturated carbocycles. The van der Waals surface area contributed by atoms with Crippen LogP contribution in [0.2, 0.25) is 0 Å². The lowest BCUT2D eigenvalue weighted by Crippen LogP contribution is -2.31. The molecular weight excluding hydrogens is 270 g/mol. The first kappa shape index (κ1) is 14.9. The fourth-order valence-electron chi connectivity index (χ4n) is 2.34. The zero-order valence-electron chi connectivity index (χ0n) is 12.6. The summed E-state index contributed by atoms with van der Waals surface area (Å²) in [6.45, 7) is 3.71. The molecule has 0 spiro atoms. The van der Waals surface area contributed by atoms with Gasteiger partial charge in [0.15, 0.2) is 0 Å². The highest BCUT2D eigenvalue weighted by Gasteiger charge is 2.15. The van der Waals surface area contributed by atoms with Crippen molar-refractivity contribution in [3.8, 4) is 11.6 Å². The van der Waals surface area contributed by atoms with Crippen LogP contribution in [-0.2, 0) is 6.42 Å². The van der Waals surface area contributed by atoms with Crippen molar-refractivity contribution in [3.63, 3.8) is 0 Å². The SMILES string of the molecule is CCc1c(O)n(-c2ccc(C)c(N(C)C)c2)c(=O)[nH]c1=O. The molecule has 2 N–H and O–H groups in total. The van der Waals surface area contributed by atoms with Gasteiger partial charge in [-0.25, -0.2) is 9.36 Å². The lowest BCUT2D eigenvalue weighted by atomic mass is 10.1. The van der Waals surface area contributed by atoms with Crippen LogP contribution in [0.1, 0.15) is 18.1 Å². The normalized spacial score (nSPS) is 10.7. The first-order valence-corrected chi connectivity index (χ1v) is 6.72. The topological polar surface area (TPSA) is 78.3 Å². The Labute approximate surface area is 122 Å². The van der Waals surface area contributed by atoms with Gasteiger partial charge in [-0.3, -0.25) is 9.78 Å². The largest absolute Gasteiger partial charge is 0.494 e. The molecule has 0 fully saturated rings. The van der Waals surface area contributed by atoms with Crippen molar-refractivity contribution >= 4 is 5.69 Å². The Morgan fingerprint density at radius 2 is 1.95 bits per heavy atom. The summed E-state index contributed by atoms with van der Waals surface area (Å²) in [6.07, 6.45) is 0.341. The van der Waals surface area contributed by atoms with Gasteiger partial charge in [0.2, 0.25) is 5.88 Å². The Morgan fingerprint density at radius 1 is 1.29 bits per heavy atom. The second kappa shape index (κ2) is 5.47. The van der Waals surface area contributed by atoms with Gasteiger partial charge in [-0.2, -0.15) is 0 Å². The molecule has 21 heavy (non-hydrogen) atoms. The molecule has 0 unspecified atom stereocenters. The number of hydrogen-bond donors (Lipinski definition) is 2. The summed E-state index contributed by atoms with van der Waals surface area (Å²) >= 11 is 0. The molecule has 1 aromatic heterocycles. The summed E-state index contributed by atoms with van der Waals surface area (Å²) in [4.78, 5) is 27.9. The molecule has 0 bridgehead atoms. The van der Waals surface area contributed by atoms with Crippen molar-refractivity contribution in [1.29, 1.82) is 0 Å². The maximum absolute atomic E-state index is 12.0. The Hall–Kier alpha value is -2.50. The van der Waals surface area contributed by atoms with Crippen molar-refractivity contribution < 1.29 is 5.11 Å². The van der Waals surface area contributed by atoms with Gasteiger partial charge in [0.1, 0.15) is 0 Å². The maximum atomic E-state index is 12.0. The number of anilines is 1. The minimum atomic E-state index is -0.650. The highest BCUT2D eigenvalue weighted by Crippen LogP contribution is 2.24. The van der Waals surface area contributed by atoms with E-state index in [1.54, 1.807) is 19.1 Å². The third kappa shape index (κ3) is 2.56. The molecule has 0 aliphatic heterocycles. The lowest BCUT2D eigenvalue weighted by Gasteiger charge is -2.18. The summed E-state index contributed by atoms with van der Waals surface area (Å²) in [5.74, 6) is -0.306. The molecule has 0 radical (unpaired) electrons. The molecule has 6 heteroatoms. The molecule has 0 aliphatic rings. The van der Waals surface area contributed by atoms with Gasteiger partial charge in [0.05, 0.1) is 11.3 Å². The average Bonchev–Trinajstić information content (AvgIpc) is 2.40. The first-order valence-electron chi connectivity index (χ1n) is 6.72. The second-order valence-electron chi connectivity index (χ2n) is 5.12. The number of aromatic nitrogens is 2. The number of rotatable bonds is 3. The number of aromatic hydroxyl groups is 1. The van der Waals surface area contributed by atoms with Crippen LogP contribution >= 0.6 is 0 Å². The summed E-state index contributed by atoms with van der Waals surface area (Å²) in [7, 11) is 3.80. The van der Waals surface area contributed by atoms with Gasteiger partial charge >= 0.3 is 5.69 Å². The van der Waals surface area contributed by atoms with Gasteiger partial charge < -0.3 is 10.0 Å². The van der Waals surface area contributed by atoms with Gasteiger partial charge in [-0.05, 0) is 31.0 Å². The van der Waals surface area contributed by atoms with Crippen molar-refractivity contribution in [2.75, 3.05) is 19.0 Å². The Morgan fingerprint density at radius 3 is 2.52 bits per heavy atom. The average molecular weight is 289 g/mol. The molecule has 112 valence electrons. The first-order chi connectivity index (χ1) is 9.86. The third-order valence-corrected chi connectivity index (χ3v) is 3.47. The minimum absolute atomic E-state index is 0.196. The van der Waals surface area contributed by atoms with E-state index in [2.05, 4.69) is 4.98 Å². The molecular formula is C15H19N3O3. The fourth-order valence-corrected chi connectivity index (χ4v) is 2.34. The standard InChI is InChI=1S/C15H19N3O3/c1-5-11-13(19)16-15(21)18(14(11)20)10-7-6-9(2)12(8-10)17(3)4/h6-8,20H,5H2,1-4H3,(H,16,19,21). The van der Waals surface area contributed by atoms with Crippen LogP contribution in [0.5, 0.6) is 5.88 Å². The lowest BCUT2D eigenvalue weighted by molar-refractivity contribution is 0.423. The summed E-state index contributed by atoms with van der Waals surface area (Å²) in [5, 5.41) is 10.2. The zero-order valence-corrected chi connectivity index (χ0v) is 12.6. The molecule has 6 nitrogen and oxygen atoms in total. The van der Waals surface area contributed by atoms with Crippen LogP contribution in [0, 0.1) is 6.92 Å². The molecule has 0 atom stereocenters. The van der Waals surface area contributed by atoms with Crippen LogP contribution in [0.25, 0.3) is 5.69 Å². The van der Waals surface area contributed by atoms with Gasteiger partial charge in [0.25, 0.3) is 5.56 Å². The number of hydrogen-bond acceptors (Lipinski definition) is 4. The van der Waals surface area contributed by atoms with Crippen molar-refractivity contribution in [3.05, 3.63) is 50.2 Å². The van der Waals surface area contributed by atoms with E-state index in [1.165, 1.54) is 0 Å². The maximum Gasteiger partial charge on any atom is 0.335 e. The molecule has 0 saturated heterocycles. The quantitative estimate of drug-likeness (QED) is 0.889. The minimum Gasteiger partial charge on any atom is -0.494 e. The number of aromatic amines is 1. The summed E-state index contributed by atoms with van der Waals surface area (Å²) in [5.41, 5.74) is 1.50. The van der Waals surface area contributed by atoms with Crippen LogP contribution in [0.4, 0.5) is 5.69 Å². The van der Waals surface area contributed by atoms with E-state index in [4.69, 9.17) is 0 Å². The summed E-state index contributed by atoms with van der Waals surface area (Å²) in [6, 6.07) is 5.41.